The van der Waals surface area contributed by atoms with Crippen LogP contribution in [-0.2, 0) is 30.6 Å². The zero-order valence-corrected chi connectivity index (χ0v) is 3.90. The van der Waals surface area contributed by atoms with Crippen LogP contribution >= 0.6 is 10.6 Å². The average Bonchev–Trinajstić information content (AvgIpc) is 1.00. The Hall–Kier alpha value is 1.22. The standard InChI is InChI=1S/CH4.Co.Ni.S/h1H4;;;. The quantitative estimate of drug-likeness (QED) is 0.488. The van der Waals surface area contributed by atoms with Crippen LogP contribution in [0.15, 0.2) is 0 Å². The van der Waals surface area contributed by atoms with Crippen molar-refractivity contribution in [2.45, 2.75) is 7.43 Å². The summed E-state index contributed by atoms with van der Waals surface area (Å²) >= 11 is 3.15. The summed E-state index contributed by atoms with van der Waals surface area (Å²) in [7, 11) is 3.77. The maximum atomic E-state index is 3.77. The fraction of sp³-hybridized carbons (Fsp3) is 1.00. The first-order valence-electron chi connectivity index (χ1n) is 0.136. The van der Waals surface area contributed by atoms with Gasteiger partial charge in [-0.05, 0) is 0 Å². The Labute approximate surface area is 48.8 Å². The van der Waals surface area contributed by atoms with Crippen molar-refractivity contribution in [1.82, 2.24) is 0 Å². The molecule has 0 aromatic heterocycles. The maximum absolute atomic E-state index is 3.77. The summed E-state index contributed by atoms with van der Waals surface area (Å²) in [4.78, 5) is 0. The third-order valence-corrected chi connectivity index (χ3v) is 0. The van der Waals surface area contributed by atoms with E-state index >= 15 is 0 Å². The molecule has 4 heavy (non-hydrogen) atoms. The van der Waals surface area contributed by atoms with E-state index in [-0.39, 0.29) is 23.9 Å². The monoisotopic (exact) mass is 165 g/mol. The van der Waals surface area contributed by atoms with Crippen LogP contribution in [0.3, 0.4) is 0 Å². The van der Waals surface area contributed by atoms with Crippen LogP contribution in [0.4, 0.5) is 0 Å². The van der Waals surface area contributed by atoms with Gasteiger partial charge in [0.25, 0.3) is 0 Å². The molecule has 0 bridgehead atoms. The molecule has 0 fully saturated rings. The van der Waals surface area contributed by atoms with Gasteiger partial charge in [-0.1, -0.05) is 7.43 Å². The van der Waals surface area contributed by atoms with E-state index in [9.17, 15) is 0 Å². The molecule has 0 atom stereocenters. The van der Waals surface area contributed by atoms with Crippen molar-refractivity contribution >= 4 is 10.6 Å². The van der Waals surface area contributed by atoms with E-state index in [2.05, 4.69) is 24.7 Å². The van der Waals surface area contributed by atoms with Crippen molar-refractivity contribution < 1.29 is 30.6 Å². The van der Waals surface area contributed by atoms with Gasteiger partial charge < -0.3 is 0 Å². The summed E-state index contributed by atoms with van der Waals surface area (Å²) in [5, 5.41) is 0. The molecule has 0 aliphatic rings. The van der Waals surface area contributed by atoms with E-state index in [0.29, 0.717) is 0 Å². The molecular weight excluding hydrogens is 162 g/mol. The third kappa shape index (κ3) is 10.7. The van der Waals surface area contributed by atoms with Crippen LogP contribution in [0.1, 0.15) is 7.43 Å². The summed E-state index contributed by atoms with van der Waals surface area (Å²) in [6.45, 7) is 0. The van der Waals surface area contributed by atoms with Crippen LogP contribution < -0.4 is 0 Å². The van der Waals surface area contributed by atoms with Crippen LogP contribution in [0.5, 0.6) is 0 Å². The van der Waals surface area contributed by atoms with Crippen molar-refractivity contribution in [1.29, 1.82) is 0 Å². The molecule has 0 amide bonds. The number of rotatable bonds is 0. The predicted molar refractivity (Wildman–Crippen MR) is 14.3 cm³/mol. The van der Waals surface area contributed by atoms with Gasteiger partial charge in [-0.15, -0.1) is 0 Å². The van der Waals surface area contributed by atoms with E-state index in [1.54, 1.807) is 0 Å². The molecule has 0 heterocycles. The Bertz CT molecular complexity index is 8.00. The van der Waals surface area contributed by atoms with Crippen LogP contribution in [-0.4, -0.2) is 0 Å². The third-order valence-electron chi connectivity index (χ3n) is 0. The van der Waals surface area contributed by atoms with Crippen molar-refractivity contribution in [3.63, 3.8) is 0 Å². The molecule has 0 spiro atoms. The van der Waals surface area contributed by atoms with Gasteiger partial charge in [-0.3, -0.25) is 0 Å². The molecule has 33 valence electrons. The fourth-order valence-electron chi connectivity index (χ4n) is 0. The molecule has 0 nitrogen and oxygen atoms in total. The van der Waals surface area contributed by atoms with Crippen molar-refractivity contribution in [3.05, 3.63) is 0 Å². The Balaban J connectivity index is -0.00000000500. The van der Waals surface area contributed by atoms with Gasteiger partial charge in [0.2, 0.25) is 0 Å². The molecular formula is CH4CoNiS. The molecule has 0 aliphatic carbocycles. The van der Waals surface area contributed by atoms with E-state index in [1.165, 1.54) is 0 Å². The van der Waals surface area contributed by atoms with Gasteiger partial charge in [0, 0.05) is 16.5 Å². The Morgan fingerprint density at radius 3 is 1.25 bits per heavy atom. The first-order valence-corrected chi connectivity index (χ1v) is 1.68. The topological polar surface area (TPSA) is 0 Å². The number of hydrogen-bond donors (Lipinski definition) is 0. The molecule has 0 aliphatic heterocycles. The minimum atomic E-state index is 0. The Morgan fingerprint density at radius 1 is 1.25 bits per heavy atom. The Kier molecular flexibility index (Phi) is 139. The second-order valence-corrected chi connectivity index (χ2v) is 0. The van der Waals surface area contributed by atoms with Crippen molar-refractivity contribution in [2.24, 2.45) is 0 Å². The van der Waals surface area contributed by atoms with Crippen LogP contribution in [0.25, 0.3) is 0 Å². The molecule has 0 saturated carbocycles. The zero-order valence-electron chi connectivity index (χ0n) is 1.06. The zero-order chi connectivity index (χ0) is 2.00. The first-order chi connectivity index (χ1) is 1.00. The van der Waals surface area contributed by atoms with Gasteiger partial charge in [0.15, 0.2) is 0 Å². The average molecular weight is 166 g/mol. The Morgan fingerprint density at radius 2 is 1.25 bits per heavy atom. The molecule has 0 saturated heterocycles. The van der Waals surface area contributed by atoms with Crippen LogP contribution in [0, 0.1) is 0 Å². The molecule has 0 unspecified atom stereocenters. The second-order valence-electron chi connectivity index (χ2n) is 0. The van der Waals surface area contributed by atoms with Crippen molar-refractivity contribution in [2.75, 3.05) is 0 Å². The fourth-order valence-corrected chi connectivity index (χ4v) is 0. The van der Waals surface area contributed by atoms with Gasteiger partial charge in [0.05, 0.1) is 0 Å². The second kappa shape index (κ2) is 29.4. The van der Waals surface area contributed by atoms with E-state index < -0.39 is 0 Å². The van der Waals surface area contributed by atoms with Gasteiger partial charge in [-0.25, -0.2) is 0 Å². The summed E-state index contributed by atoms with van der Waals surface area (Å²) in [6.07, 6.45) is 0. The van der Waals surface area contributed by atoms with Crippen molar-refractivity contribution in [3.8, 4) is 0 Å². The van der Waals surface area contributed by atoms with E-state index in [4.69, 9.17) is 0 Å². The van der Waals surface area contributed by atoms with E-state index in [1.807, 2.05) is 0 Å². The summed E-state index contributed by atoms with van der Waals surface area (Å²) < 4.78 is 0. The normalized spacial score (nSPS) is 1.25. The minimum absolute atomic E-state index is 0. The molecule has 3 heteroatoms. The first kappa shape index (κ1) is 18.9. The summed E-state index contributed by atoms with van der Waals surface area (Å²) in [5.74, 6) is 0. The van der Waals surface area contributed by atoms with Gasteiger partial charge in [0.1, 0.15) is 0 Å². The molecule has 0 aromatic carbocycles. The SMILES string of the molecule is C.[Ni].[S]=[Co]. The van der Waals surface area contributed by atoms with E-state index in [0.717, 1.165) is 0 Å². The summed E-state index contributed by atoms with van der Waals surface area (Å²) in [5.41, 5.74) is 0. The molecule has 0 aromatic rings. The van der Waals surface area contributed by atoms with Gasteiger partial charge in [-0.2, -0.15) is 0 Å². The number of hydrogen-bond acceptors (Lipinski definition) is 1. The molecule has 0 radical (unpaired) electrons. The predicted octanol–water partition coefficient (Wildman–Crippen LogP) is 1.28. The van der Waals surface area contributed by atoms with Gasteiger partial charge >= 0.3 is 24.7 Å². The van der Waals surface area contributed by atoms with Crippen LogP contribution in [0.2, 0.25) is 0 Å². The molecule has 0 N–H and O–H groups in total. The summed E-state index contributed by atoms with van der Waals surface area (Å²) in [6, 6.07) is 0. The molecule has 0 rings (SSSR count).